The molecule has 0 aliphatic carbocycles. The third-order valence-corrected chi connectivity index (χ3v) is 3.51. The normalized spacial score (nSPS) is 14.5. The molecule has 0 spiro atoms. The van der Waals surface area contributed by atoms with Crippen molar-refractivity contribution in [1.82, 2.24) is 19.7 Å². The number of ether oxygens (including phenoxy) is 1. The molecule has 2 aromatic heterocycles. The highest BCUT2D eigenvalue weighted by Crippen LogP contribution is 2.27. The molecular formula is C14H19N5O. The van der Waals surface area contributed by atoms with E-state index in [2.05, 4.69) is 38.5 Å². The van der Waals surface area contributed by atoms with Gasteiger partial charge in [0.1, 0.15) is 5.82 Å². The number of hydrogen-bond acceptors (Lipinski definition) is 5. The first-order valence-electron chi connectivity index (χ1n) is 6.91. The second-order valence-corrected chi connectivity index (χ2v) is 5.25. The van der Waals surface area contributed by atoms with E-state index in [0.717, 1.165) is 30.5 Å². The Morgan fingerprint density at radius 1 is 1.20 bits per heavy atom. The van der Waals surface area contributed by atoms with Crippen LogP contribution in [0, 0.1) is 0 Å². The van der Waals surface area contributed by atoms with Crippen molar-refractivity contribution in [2.45, 2.75) is 26.2 Å². The van der Waals surface area contributed by atoms with Gasteiger partial charge in [-0.2, -0.15) is 0 Å². The van der Waals surface area contributed by atoms with Crippen LogP contribution < -0.4 is 9.64 Å². The SMILES string of the molecule is COc1ccc(-n2c(C(C)C)nnc2N2CCC2)cn1. The molecule has 1 aliphatic rings. The molecule has 0 radical (unpaired) electrons. The maximum atomic E-state index is 5.11. The van der Waals surface area contributed by atoms with E-state index in [4.69, 9.17) is 4.74 Å². The molecular weight excluding hydrogens is 254 g/mol. The quantitative estimate of drug-likeness (QED) is 0.853. The lowest BCUT2D eigenvalue weighted by molar-refractivity contribution is 0.397. The van der Waals surface area contributed by atoms with Crippen molar-refractivity contribution in [3.8, 4) is 11.6 Å². The minimum absolute atomic E-state index is 0.305. The summed E-state index contributed by atoms with van der Waals surface area (Å²) in [7, 11) is 1.62. The molecule has 0 amide bonds. The summed E-state index contributed by atoms with van der Waals surface area (Å²) in [5, 5.41) is 8.71. The molecule has 1 aliphatic heterocycles. The van der Waals surface area contributed by atoms with Gasteiger partial charge in [0.25, 0.3) is 0 Å². The Bertz CT molecular complexity index is 586. The minimum atomic E-state index is 0.305. The van der Waals surface area contributed by atoms with Gasteiger partial charge in [-0.15, -0.1) is 10.2 Å². The maximum Gasteiger partial charge on any atom is 0.231 e. The second-order valence-electron chi connectivity index (χ2n) is 5.25. The maximum absolute atomic E-state index is 5.11. The molecule has 3 heterocycles. The molecule has 0 aromatic carbocycles. The van der Waals surface area contributed by atoms with Crippen molar-refractivity contribution in [2.75, 3.05) is 25.1 Å². The fourth-order valence-corrected chi connectivity index (χ4v) is 2.26. The van der Waals surface area contributed by atoms with Gasteiger partial charge in [0.2, 0.25) is 11.8 Å². The molecule has 6 heteroatoms. The topological polar surface area (TPSA) is 56.1 Å². The van der Waals surface area contributed by atoms with Crippen LogP contribution in [0.3, 0.4) is 0 Å². The highest BCUT2D eigenvalue weighted by Gasteiger charge is 2.24. The first kappa shape index (κ1) is 12.9. The number of hydrogen-bond donors (Lipinski definition) is 0. The van der Waals surface area contributed by atoms with Gasteiger partial charge >= 0.3 is 0 Å². The van der Waals surface area contributed by atoms with Crippen LogP contribution in [0.5, 0.6) is 5.88 Å². The Balaban J connectivity index is 2.06. The minimum Gasteiger partial charge on any atom is -0.481 e. The molecule has 106 valence electrons. The van der Waals surface area contributed by atoms with Crippen molar-refractivity contribution in [3.63, 3.8) is 0 Å². The predicted molar refractivity (Wildman–Crippen MR) is 76.6 cm³/mol. The summed E-state index contributed by atoms with van der Waals surface area (Å²) < 4.78 is 7.21. The van der Waals surface area contributed by atoms with Gasteiger partial charge in [-0.25, -0.2) is 4.98 Å². The number of pyridine rings is 1. The lowest BCUT2D eigenvalue weighted by atomic mass is 10.2. The van der Waals surface area contributed by atoms with Gasteiger partial charge in [-0.1, -0.05) is 13.8 Å². The van der Waals surface area contributed by atoms with Crippen LogP contribution in [-0.2, 0) is 0 Å². The van der Waals surface area contributed by atoms with E-state index in [9.17, 15) is 0 Å². The van der Waals surface area contributed by atoms with E-state index >= 15 is 0 Å². The van der Waals surface area contributed by atoms with Crippen LogP contribution in [-0.4, -0.2) is 39.9 Å². The molecule has 0 bridgehead atoms. The monoisotopic (exact) mass is 273 g/mol. The van der Waals surface area contributed by atoms with E-state index in [1.165, 1.54) is 6.42 Å². The third kappa shape index (κ3) is 2.11. The molecule has 0 saturated carbocycles. The van der Waals surface area contributed by atoms with Gasteiger partial charge in [0, 0.05) is 25.1 Å². The van der Waals surface area contributed by atoms with Crippen LogP contribution in [0.1, 0.15) is 32.0 Å². The summed E-state index contributed by atoms with van der Waals surface area (Å²) >= 11 is 0. The lowest BCUT2D eigenvalue weighted by Gasteiger charge is -2.32. The van der Waals surface area contributed by atoms with Crippen molar-refractivity contribution in [1.29, 1.82) is 0 Å². The molecule has 0 unspecified atom stereocenters. The standard InChI is InChI=1S/C14H19N5O/c1-10(2)13-16-17-14(18-7-4-8-18)19(13)11-5-6-12(20-3)15-9-11/h5-6,9-10H,4,7-8H2,1-3H3. The second kappa shape index (κ2) is 5.11. The van der Waals surface area contributed by atoms with Crippen LogP contribution in [0.25, 0.3) is 5.69 Å². The third-order valence-electron chi connectivity index (χ3n) is 3.51. The smallest absolute Gasteiger partial charge is 0.231 e. The van der Waals surface area contributed by atoms with Gasteiger partial charge in [-0.3, -0.25) is 4.57 Å². The Morgan fingerprint density at radius 3 is 2.50 bits per heavy atom. The number of methoxy groups -OCH3 is 1. The van der Waals surface area contributed by atoms with E-state index in [0.29, 0.717) is 11.8 Å². The van der Waals surface area contributed by atoms with Crippen molar-refractivity contribution in [3.05, 3.63) is 24.2 Å². The van der Waals surface area contributed by atoms with Crippen LogP contribution in [0.2, 0.25) is 0 Å². The number of rotatable bonds is 4. The molecule has 1 saturated heterocycles. The Kier molecular flexibility index (Phi) is 3.30. The fourth-order valence-electron chi connectivity index (χ4n) is 2.26. The Hall–Kier alpha value is -2.11. The zero-order valence-electron chi connectivity index (χ0n) is 12.1. The Morgan fingerprint density at radius 2 is 2.00 bits per heavy atom. The van der Waals surface area contributed by atoms with Gasteiger partial charge in [0.15, 0.2) is 0 Å². The number of anilines is 1. The molecule has 20 heavy (non-hydrogen) atoms. The zero-order valence-corrected chi connectivity index (χ0v) is 12.1. The summed E-state index contributed by atoms with van der Waals surface area (Å²) in [6, 6.07) is 3.85. The van der Waals surface area contributed by atoms with Gasteiger partial charge < -0.3 is 9.64 Å². The fraction of sp³-hybridized carbons (Fsp3) is 0.500. The van der Waals surface area contributed by atoms with Gasteiger partial charge in [-0.05, 0) is 12.5 Å². The molecule has 1 fully saturated rings. The van der Waals surface area contributed by atoms with Gasteiger partial charge in [0.05, 0.1) is 19.0 Å². The molecule has 3 rings (SSSR count). The number of aromatic nitrogens is 4. The van der Waals surface area contributed by atoms with Crippen LogP contribution in [0.15, 0.2) is 18.3 Å². The highest BCUT2D eigenvalue weighted by atomic mass is 16.5. The predicted octanol–water partition coefficient (Wildman–Crippen LogP) is 2.00. The van der Waals surface area contributed by atoms with E-state index in [-0.39, 0.29) is 0 Å². The zero-order chi connectivity index (χ0) is 14.1. The first-order chi connectivity index (χ1) is 9.70. The molecule has 6 nitrogen and oxygen atoms in total. The van der Waals surface area contributed by atoms with Crippen LogP contribution >= 0.6 is 0 Å². The largest absolute Gasteiger partial charge is 0.481 e. The summed E-state index contributed by atoms with van der Waals surface area (Å²) in [6.07, 6.45) is 3.02. The summed E-state index contributed by atoms with van der Waals surface area (Å²) in [5.41, 5.74) is 0.974. The van der Waals surface area contributed by atoms with E-state index in [1.54, 1.807) is 13.3 Å². The van der Waals surface area contributed by atoms with E-state index in [1.807, 2.05) is 12.1 Å². The number of nitrogens with zero attached hydrogens (tertiary/aromatic N) is 5. The Labute approximate surface area is 118 Å². The lowest BCUT2D eigenvalue weighted by Crippen LogP contribution is -2.39. The van der Waals surface area contributed by atoms with Crippen molar-refractivity contribution >= 4 is 5.95 Å². The summed E-state index contributed by atoms with van der Waals surface area (Å²) in [6.45, 7) is 6.33. The summed E-state index contributed by atoms with van der Waals surface area (Å²) in [4.78, 5) is 6.52. The molecule has 2 aromatic rings. The average molecular weight is 273 g/mol. The highest BCUT2D eigenvalue weighted by molar-refractivity contribution is 5.45. The average Bonchev–Trinajstić information content (AvgIpc) is 2.81. The van der Waals surface area contributed by atoms with Crippen molar-refractivity contribution in [2.24, 2.45) is 0 Å². The van der Waals surface area contributed by atoms with E-state index < -0.39 is 0 Å². The molecule has 0 N–H and O–H groups in total. The summed E-state index contributed by atoms with van der Waals surface area (Å²) in [5.74, 6) is 2.78. The first-order valence-corrected chi connectivity index (χ1v) is 6.91. The van der Waals surface area contributed by atoms with Crippen LogP contribution in [0.4, 0.5) is 5.95 Å². The molecule has 0 atom stereocenters. The van der Waals surface area contributed by atoms with Crippen molar-refractivity contribution < 1.29 is 4.74 Å².